The first-order chi connectivity index (χ1) is 11.1. The van der Waals surface area contributed by atoms with Gasteiger partial charge in [-0.3, -0.25) is 0 Å². The molecule has 0 radical (unpaired) electrons. The lowest BCUT2D eigenvalue weighted by atomic mass is 10.0. The van der Waals surface area contributed by atoms with E-state index >= 15 is 0 Å². The molecule has 0 aromatic heterocycles. The molecule has 0 bridgehead atoms. The molecule has 0 saturated heterocycles. The minimum absolute atomic E-state index is 0.00902. The third-order valence-electron chi connectivity index (χ3n) is 4.01. The van der Waals surface area contributed by atoms with E-state index in [0.717, 1.165) is 37.7 Å². The molecule has 2 N–H and O–H groups in total. The molecule has 124 valence electrons. The van der Waals surface area contributed by atoms with Crippen molar-refractivity contribution in [1.29, 1.82) is 0 Å². The predicted molar refractivity (Wildman–Crippen MR) is 91.1 cm³/mol. The molecule has 0 atom stereocenters. The minimum atomic E-state index is -0.601. The Morgan fingerprint density at radius 1 is 1.04 bits per heavy atom. The molecule has 4 nitrogen and oxygen atoms in total. The van der Waals surface area contributed by atoms with E-state index in [1.165, 1.54) is 6.07 Å². The lowest BCUT2D eigenvalue weighted by Gasteiger charge is -2.11. The second kappa shape index (κ2) is 7.86. The van der Waals surface area contributed by atoms with E-state index in [-0.39, 0.29) is 17.1 Å². The molecule has 2 aromatic rings. The van der Waals surface area contributed by atoms with Crippen molar-refractivity contribution in [3.8, 4) is 11.5 Å². The van der Waals surface area contributed by atoms with Crippen LogP contribution in [0.5, 0.6) is 11.5 Å². The van der Waals surface area contributed by atoms with E-state index in [9.17, 15) is 15.0 Å². The summed E-state index contributed by atoms with van der Waals surface area (Å²) in [5, 5.41) is 21.5. The molecule has 4 heteroatoms. The highest BCUT2D eigenvalue weighted by atomic mass is 16.5. The molecular formula is C19H24O4. The summed E-state index contributed by atoms with van der Waals surface area (Å²) < 4.78 is 5.19. The Morgan fingerprint density at radius 2 is 1.83 bits per heavy atom. The average molecular weight is 316 g/mol. The number of phenols is 2. The van der Waals surface area contributed by atoms with Crippen LogP contribution in [0, 0.1) is 0 Å². The second-order valence-corrected chi connectivity index (χ2v) is 5.72. The Labute approximate surface area is 136 Å². The highest BCUT2D eigenvalue weighted by molar-refractivity contribution is 6.03. The van der Waals surface area contributed by atoms with Gasteiger partial charge in [0.1, 0.15) is 17.1 Å². The summed E-state index contributed by atoms with van der Waals surface area (Å²) in [7, 11) is 0. The average Bonchev–Trinajstić information content (AvgIpc) is 2.57. The zero-order valence-corrected chi connectivity index (χ0v) is 13.8. The van der Waals surface area contributed by atoms with Crippen LogP contribution >= 0.6 is 0 Å². The zero-order chi connectivity index (χ0) is 16.8. The van der Waals surface area contributed by atoms with E-state index in [0.29, 0.717) is 17.4 Å². The number of unbranched alkanes of at least 4 members (excludes halogenated alkanes) is 3. The van der Waals surface area contributed by atoms with Crippen molar-refractivity contribution in [1.82, 2.24) is 0 Å². The van der Waals surface area contributed by atoms with E-state index in [1.54, 1.807) is 6.07 Å². The fourth-order valence-corrected chi connectivity index (χ4v) is 2.58. The summed E-state index contributed by atoms with van der Waals surface area (Å²) in [6.07, 6.45) is 4.88. The van der Waals surface area contributed by atoms with Crippen LogP contribution in [0.4, 0.5) is 0 Å². The van der Waals surface area contributed by atoms with Gasteiger partial charge in [-0.05, 0) is 30.5 Å². The third kappa shape index (κ3) is 3.95. The maximum absolute atomic E-state index is 12.1. The number of rotatable bonds is 7. The number of phenolic OH excluding ortho intramolecular Hbond substituents is 2. The Bertz CT molecular complexity index is 691. The van der Waals surface area contributed by atoms with Crippen LogP contribution in [0.15, 0.2) is 24.3 Å². The molecule has 0 fully saturated rings. The van der Waals surface area contributed by atoms with Gasteiger partial charge in [0.2, 0.25) is 0 Å². The number of ether oxygens (including phenoxy) is 1. The number of hydrogen-bond acceptors (Lipinski definition) is 4. The van der Waals surface area contributed by atoms with Gasteiger partial charge in [0.15, 0.2) is 0 Å². The maximum Gasteiger partial charge on any atom is 0.342 e. The van der Waals surface area contributed by atoms with Crippen molar-refractivity contribution in [3.05, 3.63) is 35.4 Å². The first-order valence-corrected chi connectivity index (χ1v) is 8.23. The Balaban J connectivity index is 2.21. The van der Waals surface area contributed by atoms with E-state index < -0.39 is 5.97 Å². The summed E-state index contributed by atoms with van der Waals surface area (Å²) in [4.78, 5) is 12.1. The van der Waals surface area contributed by atoms with Crippen molar-refractivity contribution >= 4 is 16.7 Å². The standard InChI is InChI=1S/C19H24O4/c1-3-5-6-7-10-23-19(22)16-12-17(20)15-11-13(4-2)8-9-14(15)18(16)21/h8-9,11-12,20-21H,3-7,10H2,1-2H3. The predicted octanol–water partition coefficient (Wildman–Crippen LogP) is 4.55. The van der Waals surface area contributed by atoms with Crippen molar-refractivity contribution in [2.45, 2.75) is 46.0 Å². The molecule has 0 aliphatic heterocycles. The summed E-state index contributed by atoms with van der Waals surface area (Å²) in [6, 6.07) is 6.71. The second-order valence-electron chi connectivity index (χ2n) is 5.72. The molecule has 0 aliphatic rings. The number of benzene rings is 2. The van der Waals surface area contributed by atoms with Gasteiger partial charge in [0.25, 0.3) is 0 Å². The lowest BCUT2D eigenvalue weighted by molar-refractivity contribution is 0.0494. The van der Waals surface area contributed by atoms with Gasteiger partial charge in [-0.15, -0.1) is 0 Å². The Morgan fingerprint density at radius 3 is 2.52 bits per heavy atom. The zero-order valence-electron chi connectivity index (χ0n) is 13.8. The van der Waals surface area contributed by atoms with Crippen molar-refractivity contribution in [2.24, 2.45) is 0 Å². The minimum Gasteiger partial charge on any atom is -0.507 e. The van der Waals surface area contributed by atoms with Crippen LogP contribution in [-0.2, 0) is 11.2 Å². The molecule has 0 saturated carbocycles. The van der Waals surface area contributed by atoms with Crippen LogP contribution in [0.3, 0.4) is 0 Å². The normalized spacial score (nSPS) is 10.9. The number of esters is 1. The first kappa shape index (κ1) is 17.1. The maximum atomic E-state index is 12.1. The number of carbonyl (C=O) groups excluding carboxylic acids is 1. The molecule has 2 aromatic carbocycles. The smallest absolute Gasteiger partial charge is 0.342 e. The fourth-order valence-electron chi connectivity index (χ4n) is 2.58. The molecule has 0 amide bonds. The largest absolute Gasteiger partial charge is 0.507 e. The van der Waals surface area contributed by atoms with Crippen LogP contribution in [0.2, 0.25) is 0 Å². The molecule has 0 aliphatic carbocycles. The van der Waals surface area contributed by atoms with Crippen molar-refractivity contribution < 1.29 is 19.7 Å². The highest BCUT2D eigenvalue weighted by Crippen LogP contribution is 2.36. The number of aryl methyl sites for hydroxylation is 1. The number of aromatic hydroxyl groups is 2. The first-order valence-electron chi connectivity index (χ1n) is 8.23. The van der Waals surface area contributed by atoms with Gasteiger partial charge in [-0.1, -0.05) is 45.2 Å². The summed E-state index contributed by atoms with van der Waals surface area (Å²) in [5.74, 6) is -0.763. The van der Waals surface area contributed by atoms with Crippen molar-refractivity contribution in [2.75, 3.05) is 6.61 Å². The summed E-state index contributed by atoms with van der Waals surface area (Å²) >= 11 is 0. The molecule has 23 heavy (non-hydrogen) atoms. The van der Waals surface area contributed by atoms with E-state index in [2.05, 4.69) is 6.92 Å². The van der Waals surface area contributed by atoms with Gasteiger partial charge in [0, 0.05) is 10.8 Å². The molecule has 0 heterocycles. The van der Waals surface area contributed by atoms with Crippen LogP contribution in [0.25, 0.3) is 10.8 Å². The molecular weight excluding hydrogens is 292 g/mol. The quantitative estimate of drug-likeness (QED) is 0.447. The van der Waals surface area contributed by atoms with Crippen molar-refractivity contribution in [3.63, 3.8) is 0 Å². The van der Waals surface area contributed by atoms with Crippen LogP contribution in [-0.4, -0.2) is 22.8 Å². The number of hydrogen-bond donors (Lipinski definition) is 2. The monoisotopic (exact) mass is 316 g/mol. The number of carbonyl (C=O) groups is 1. The van der Waals surface area contributed by atoms with Crippen LogP contribution in [0.1, 0.15) is 55.5 Å². The van der Waals surface area contributed by atoms with Gasteiger partial charge in [0.05, 0.1) is 6.61 Å². The third-order valence-corrected chi connectivity index (χ3v) is 4.01. The fraction of sp³-hybridized carbons (Fsp3) is 0.421. The summed E-state index contributed by atoms with van der Waals surface area (Å²) in [6.45, 7) is 4.46. The molecule has 0 spiro atoms. The molecule has 2 rings (SSSR count). The van der Waals surface area contributed by atoms with Gasteiger partial charge < -0.3 is 14.9 Å². The van der Waals surface area contributed by atoms with E-state index in [4.69, 9.17) is 4.74 Å². The highest BCUT2D eigenvalue weighted by Gasteiger charge is 2.18. The molecule has 0 unspecified atom stereocenters. The lowest BCUT2D eigenvalue weighted by Crippen LogP contribution is -2.07. The van der Waals surface area contributed by atoms with Gasteiger partial charge >= 0.3 is 5.97 Å². The topological polar surface area (TPSA) is 66.8 Å². The summed E-state index contributed by atoms with van der Waals surface area (Å²) in [5.41, 5.74) is 1.06. The van der Waals surface area contributed by atoms with Gasteiger partial charge in [-0.2, -0.15) is 0 Å². The Kier molecular flexibility index (Phi) is 5.85. The van der Waals surface area contributed by atoms with Gasteiger partial charge in [-0.25, -0.2) is 4.79 Å². The number of fused-ring (bicyclic) bond motifs is 1. The SMILES string of the molecule is CCCCCCOC(=O)c1cc(O)c2cc(CC)ccc2c1O. The van der Waals surface area contributed by atoms with E-state index in [1.807, 2.05) is 19.1 Å². The Hall–Kier alpha value is -2.23. The van der Waals surface area contributed by atoms with Crippen LogP contribution < -0.4 is 0 Å².